The number of aryl methyl sites for hydroxylation is 2. The van der Waals surface area contributed by atoms with Gasteiger partial charge in [-0.1, -0.05) is 29.5 Å². The Morgan fingerprint density at radius 1 is 1.12 bits per heavy atom. The normalized spacial score (nSPS) is 10.7. The number of amides is 1. The molecule has 1 N–H and O–H groups in total. The minimum Gasteiger partial charge on any atom is -0.462 e. The van der Waals surface area contributed by atoms with Crippen LogP contribution in [0.2, 0.25) is 0 Å². The fourth-order valence-corrected chi connectivity index (χ4v) is 3.50. The standard InChI is InChI=1S/C20H20N2O3S/c1-4-25-19(24)15-7-8-16-17(11-15)26-20(21-16)22-18(23)10-14-6-5-12(2)13(3)9-14/h5-9,11H,4,10H2,1-3H3,(H,21,22,23). The van der Waals surface area contributed by atoms with Gasteiger partial charge in [0, 0.05) is 0 Å². The number of esters is 1. The molecule has 6 heteroatoms. The molecule has 134 valence electrons. The highest BCUT2D eigenvalue weighted by molar-refractivity contribution is 7.22. The number of benzene rings is 2. The molecule has 0 aliphatic heterocycles. The molecule has 0 radical (unpaired) electrons. The van der Waals surface area contributed by atoms with Crippen LogP contribution in [0.15, 0.2) is 36.4 Å². The number of hydrogen-bond acceptors (Lipinski definition) is 5. The number of hydrogen-bond donors (Lipinski definition) is 1. The van der Waals surface area contributed by atoms with Crippen molar-refractivity contribution in [3.8, 4) is 0 Å². The Balaban J connectivity index is 1.72. The fourth-order valence-electron chi connectivity index (χ4n) is 2.58. The van der Waals surface area contributed by atoms with Gasteiger partial charge in [0.1, 0.15) is 0 Å². The van der Waals surface area contributed by atoms with E-state index in [1.807, 2.05) is 32.0 Å². The van der Waals surface area contributed by atoms with Gasteiger partial charge in [-0.3, -0.25) is 4.79 Å². The molecule has 0 aliphatic carbocycles. The highest BCUT2D eigenvalue weighted by Gasteiger charge is 2.12. The van der Waals surface area contributed by atoms with Crippen molar-refractivity contribution >= 4 is 38.6 Å². The molecule has 0 spiro atoms. The molecule has 5 nitrogen and oxygen atoms in total. The average Bonchev–Trinajstić information content (AvgIpc) is 2.99. The van der Waals surface area contributed by atoms with E-state index in [-0.39, 0.29) is 11.9 Å². The van der Waals surface area contributed by atoms with Crippen molar-refractivity contribution in [1.82, 2.24) is 4.98 Å². The molecule has 26 heavy (non-hydrogen) atoms. The first-order chi connectivity index (χ1) is 12.5. The number of carbonyl (C=O) groups is 2. The van der Waals surface area contributed by atoms with Gasteiger partial charge in [-0.15, -0.1) is 0 Å². The van der Waals surface area contributed by atoms with Crippen molar-refractivity contribution < 1.29 is 14.3 Å². The topological polar surface area (TPSA) is 68.3 Å². The summed E-state index contributed by atoms with van der Waals surface area (Å²) in [5.74, 6) is -0.471. The lowest BCUT2D eigenvalue weighted by atomic mass is 10.0. The second-order valence-corrected chi connectivity index (χ2v) is 7.10. The number of fused-ring (bicyclic) bond motifs is 1. The number of ether oxygens (including phenoxy) is 1. The summed E-state index contributed by atoms with van der Waals surface area (Å²) >= 11 is 1.34. The average molecular weight is 368 g/mol. The minimum absolute atomic E-state index is 0.113. The smallest absolute Gasteiger partial charge is 0.338 e. The van der Waals surface area contributed by atoms with Gasteiger partial charge in [-0.25, -0.2) is 9.78 Å². The molecular weight excluding hydrogens is 348 g/mol. The van der Waals surface area contributed by atoms with Crippen LogP contribution < -0.4 is 5.32 Å². The number of anilines is 1. The molecule has 0 saturated carbocycles. The third-order valence-corrected chi connectivity index (χ3v) is 5.02. The van der Waals surface area contributed by atoms with Gasteiger partial charge in [0.25, 0.3) is 0 Å². The third kappa shape index (κ3) is 4.08. The molecule has 0 saturated heterocycles. The van der Waals surface area contributed by atoms with E-state index in [1.54, 1.807) is 25.1 Å². The predicted octanol–water partition coefficient (Wildman–Crippen LogP) is 4.27. The summed E-state index contributed by atoms with van der Waals surface area (Å²) in [6.07, 6.45) is 0.297. The quantitative estimate of drug-likeness (QED) is 0.683. The first-order valence-corrected chi connectivity index (χ1v) is 9.21. The van der Waals surface area contributed by atoms with E-state index in [4.69, 9.17) is 4.74 Å². The largest absolute Gasteiger partial charge is 0.462 e. The summed E-state index contributed by atoms with van der Waals surface area (Å²) in [5, 5.41) is 3.36. The summed E-state index contributed by atoms with van der Waals surface area (Å²) in [6, 6.07) is 11.2. The van der Waals surface area contributed by atoms with E-state index in [2.05, 4.69) is 10.3 Å². The van der Waals surface area contributed by atoms with Crippen molar-refractivity contribution in [2.45, 2.75) is 27.2 Å². The number of aromatic nitrogens is 1. The molecule has 3 rings (SSSR count). The molecule has 1 heterocycles. The summed E-state index contributed by atoms with van der Waals surface area (Å²) in [5.41, 5.74) is 4.57. The maximum atomic E-state index is 12.3. The van der Waals surface area contributed by atoms with Crippen LogP contribution in [0.5, 0.6) is 0 Å². The molecule has 1 aromatic heterocycles. The van der Waals surface area contributed by atoms with Crippen molar-refractivity contribution in [1.29, 1.82) is 0 Å². The van der Waals surface area contributed by atoms with Crippen molar-refractivity contribution in [3.05, 3.63) is 58.7 Å². The highest BCUT2D eigenvalue weighted by Crippen LogP contribution is 2.27. The van der Waals surface area contributed by atoms with Crippen LogP contribution in [0.3, 0.4) is 0 Å². The second-order valence-electron chi connectivity index (χ2n) is 6.07. The van der Waals surface area contributed by atoms with E-state index >= 15 is 0 Å². The minimum atomic E-state index is -0.358. The second kappa shape index (κ2) is 7.66. The highest BCUT2D eigenvalue weighted by atomic mass is 32.1. The van der Waals surface area contributed by atoms with Crippen molar-refractivity contribution in [3.63, 3.8) is 0 Å². The lowest BCUT2D eigenvalue weighted by Gasteiger charge is -2.05. The van der Waals surface area contributed by atoms with E-state index in [0.717, 1.165) is 15.8 Å². The molecule has 0 atom stereocenters. The fraction of sp³-hybridized carbons (Fsp3) is 0.250. The van der Waals surface area contributed by atoms with E-state index in [9.17, 15) is 9.59 Å². The lowest BCUT2D eigenvalue weighted by Crippen LogP contribution is -2.14. The first-order valence-electron chi connectivity index (χ1n) is 8.40. The molecule has 1 amide bonds. The maximum absolute atomic E-state index is 12.3. The van der Waals surface area contributed by atoms with E-state index in [0.29, 0.717) is 23.7 Å². The van der Waals surface area contributed by atoms with Gasteiger partial charge >= 0.3 is 5.97 Å². The van der Waals surface area contributed by atoms with Crippen LogP contribution in [0.4, 0.5) is 5.13 Å². The zero-order valence-electron chi connectivity index (χ0n) is 15.0. The third-order valence-electron chi connectivity index (χ3n) is 4.08. The number of nitrogens with one attached hydrogen (secondary N) is 1. The van der Waals surface area contributed by atoms with Crippen LogP contribution in [-0.4, -0.2) is 23.5 Å². The van der Waals surface area contributed by atoms with Gasteiger partial charge in [0.15, 0.2) is 5.13 Å². The summed E-state index contributed by atoms with van der Waals surface area (Å²) in [6.45, 7) is 6.18. The Bertz CT molecular complexity index is 978. The molecule has 0 fully saturated rings. The molecule has 0 unspecified atom stereocenters. The van der Waals surface area contributed by atoms with Gasteiger partial charge in [0.05, 0.1) is 28.8 Å². The monoisotopic (exact) mass is 368 g/mol. The van der Waals surface area contributed by atoms with E-state index in [1.165, 1.54) is 22.5 Å². The van der Waals surface area contributed by atoms with Gasteiger partial charge in [-0.05, 0) is 55.7 Å². The molecule has 2 aromatic carbocycles. The Morgan fingerprint density at radius 2 is 1.92 bits per heavy atom. The molecule has 0 bridgehead atoms. The number of rotatable bonds is 5. The first kappa shape index (κ1) is 18.1. The number of carbonyl (C=O) groups excluding carboxylic acids is 2. The summed E-state index contributed by atoms with van der Waals surface area (Å²) in [7, 11) is 0. The van der Waals surface area contributed by atoms with Crippen LogP contribution in [0, 0.1) is 13.8 Å². The number of nitrogens with zero attached hydrogens (tertiary/aromatic N) is 1. The van der Waals surface area contributed by atoms with Crippen molar-refractivity contribution in [2.75, 3.05) is 11.9 Å². The van der Waals surface area contributed by atoms with Crippen LogP contribution in [0.25, 0.3) is 10.2 Å². The van der Waals surface area contributed by atoms with Crippen LogP contribution in [-0.2, 0) is 16.0 Å². The van der Waals surface area contributed by atoms with Gasteiger partial charge in [-0.2, -0.15) is 0 Å². The van der Waals surface area contributed by atoms with Crippen molar-refractivity contribution in [2.24, 2.45) is 0 Å². The Labute approximate surface area is 156 Å². The van der Waals surface area contributed by atoms with E-state index < -0.39 is 0 Å². The Hall–Kier alpha value is -2.73. The zero-order valence-corrected chi connectivity index (χ0v) is 15.8. The SMILES string of the molecule is CCOC(=O)c1ccc2nc(NC(=O)Cc3ccc(C)c(C)c3)sc2c1. The maximum Gasteiger partial charge on any atom is 0.338 e. The molecule has 3 aromatic rings. The Morgan fingerprint density at radius 3 is 2.65 bits per heavy atom. The van der Waals surface area contributed by atoms with Gasteiger partial charge in [0.2, 0.25) is 5.91 Å². The predicted molar refractivity (Wildman–Crippen MR) is 104 cm³/mol. The molecule has 0 aliphatic rings. The zero-order chi connectivity index (χ0) is 18.7. The van der Waals surface area contributed by atoms with Crippen LogP contribution in [0.1, 0.15) is 34.0 Å². The van der Waals surface area contributed by atoms with Crippen LogP contribution >= 0.6 is 11.3 Å². The van der Waals surface area contributed by atoms with Gasteiger partial charge < -0.3 is 10.1 Å². The lowest BCUT2D eigenvalue weighted by molar-refractivity contribution is -0.115. The molecular formula is C20H20N2O3S. The summed E-state index contributed by atoms with van der Waals surface area (Å²) in [4.78, 5) is 28.5. The Kier molecular flexibility index (Phi) is 5.32. The summed E-state index contributed by atoms with van der Waals surface area (Å²) < 4.78 is 5.84. The number of thiazole rings is 1.